The Morgan fingerprint density at radius 2 is 1.90 bits per heavy atom. The molecule has 0 N–H and O–H groups in total. The summed E-state index contributed by atoms with van der Waals surface area (Å²) < 4.78 is 41.3. The van der Waals surface area contributed by atoms with Crippen LogP contribution in [-0.2, 0) is 19.3 Å². The van der Waals surface area contributed by atoms with Gasteiger partial charge in [-0.05, 0) is 44.5 Å². The Balaban J connectivity index is 1.33. The highest BCUT2D eigenvalue weighted by Crippen LogP contribution is 2.32. The fourth-order valence-corrected chi connectivity index (χ4v) is 4.68. The van der Waals surface area contributed by atoms with Crippen LogP contribution in [0.4, 0.5) is 18.9 Å². The van der Waals surface area contributed by atoms with Gasteiger partial charge < -0.3 is 9.47 Å². The van der Waals surface area contributed by atoms with Crippen molar-refractivity contribution in [1.29, 1.82) is 0 Å². The number of imidazole rings is 1. The second-order valence-corrected chi connectivity index (χ2v) is 8.23. The van der Waals surface area contributed by atoms with Crippen molar-refractivity contribution in [2.24, 2.45) is 0 Å². The first-order chi connectivity index (χ1) is 14.4. The van der Waals surface area contributed by atoms with E-state index in [9.17, 15) is 13.2 Å². The summed E-state index contributed by atoms with van der Waals surface area (Å²) in [5, 5.41) is 0. The van der Waals surface area contributed by atoms with Crippen LogP contribution in [0.2, 0.25) is 0 Å². The van der Waals surface area contributed by atoms with Crippen LogP contribution in [0.3, 0.4) is 0 Å². The maximum atomic E-state index is 13.0. The van der Waals surface area contributed by atoms with Crippen molar-refractivity contribution in [3.8, 4) is 0 Å². The summed E-state index contributed by atoms with van der Waals surface area (Å²) in [6, 6.07) is 6.20. The lowest BCUT2D eigenvalue weighted by Crippen LogP contribution is -2.55. The number of anilines is 1. The van der Waals surface area contributed by atoms with Gasteiger partial charge in [-0.15, -0.1) is 0 Å². The second-order valence-electron chi connectivity index (χ2n) is 8.23. The Morgan fingerprint density at radius 3 is 2.63 bits per heavy atom. The van der Waals surface area contributed by atoms with Gasteiger partial charge in [-0.3, -0.25) is 9.80 Å². The molecule has 4 rings (SSSR count). The number of nitrogens with zero attached hydrogens (tertiary/aromatic N) is 5. The third-order valence-electron chi connectivity index (χ3n) is 6.36. The zero-order valence-corrected chi connectivity index (χ0v) is 17.5. The van der Waals surface area contributed by atoms with Crippen molar-refractivity contribution in [1.82, 2.24) is 19.4 Å². The predicted molar refractivity (Wildman–Crippen MR) is 111 cm³/mol. The average Bonchev–Trinajstić information content (AvgIpc) is 3.21. The zero-order valence-electron chi connectivity index (χ0n) is 17.5. The fraction of sp³-hybridized carbons (Fsp3) is 0.591. The Morgan fingerprint density at radius 1 is 1.10 bits per heavy atom. The first-order valence-corrected chi connectivity index (χ1v) is 10.8. The van der Waals surface area contributed by atoms with Crippen LogP contribution in [0.15, 0.2) is 36.7 Å². The van der Waals surface area contributed by atoms with Crippen LogP contribution in [0.5, 0.6) is 0 Å². The molecule has 0 spiro atoms. The lowest BCUT2D eigenvalue weighted by Gasteiger charge is -2.44. The van der Waals surface area contributed by atoms with Gasteiger partial charge in [-0.1, -0.05) is 6.07 Å². The van der Waals surface area contributed by atoms with Crippen molar-refractivity contribution in [2.75, 3.05) is 44.2 Å². The number of alkyl halides is 3. The Hall–Kier alpha value is -2.06. The summed E-state index contributed by atoms with van der Waals surface area (Å²) in [6.45, 7) is 9.36. The molecule has 5 nitrogen and oxygen atoms in total. The second kappa shape index (κ2) is 8.98. The van der Waals surface area contributed by atoms with Crippen molar-refractivity contribution in [2.45, 2.75) is 45.1 Å². The number of piperidine rings is 1. The molecule has 1 atom stereocenters. The van der Waals surface area contributed by atoms with Crippen LogP contribution >= 0.6 is 0 Å². The van der Waals surface area contributed by atoms with E-state index in [4.69, 9.17) is 0 Å². The molecule has 1 aromatic heterocycles. The van der Waals surface area contributed by atoms with Gasteiger partial charge in [-0.2, -0.15) is 13.2 Å². The third kappa shape index (κ3) is 4.81. The molecule has 0 amide bonds. The van der Waals surface area contributed by atoms with E-state index in [2.05, 4.69) is 31.2 Å². The Bertz CT molecular complexity index is 826. The van der Waals surface area contributed by atoms with Crippen molar-refractivity contribution < 1.29 is 13.2 Å². The maximum Gasteiger partial charge on any atom is 0.416 e. The fourth-order valence-electron chi connectivity index (χ4n) is 4.68. The van der Waals surface area contributed by atoms with Gasteiger partial charge in [0.1, 0.15) is 5.82 Å². The topological polar surface area (TPSA) is 27.5 Å². The van der Waals surface area contributed by atoms with Gasteiger partial charge >= 0.3 is 6.18 Å². The largest absolute Gasteiger partial charge is 0.416 e. The summed E-state index contributed by atoms with van der Waals surface area (Å²) in [5.41, 5.74) is 0.0944. The highest BCUT2D eigenvalue weighted by molar-refractivity contribution is 5.49. The average molecular weight is 422 g/mol. The molecule has 0 aliphatic carbocycles. The summed E-state index contributed by atoms with van der Waals surface area (Å²) in [7, 11) is 0. The van der Waals surface area contributed by atoms with Gasteiger partial charge in [0.25, 0.3) is 0 Å². The van der Waals surface area contributed by atoms with E-state index in [1.807, 2.05) is 12.4 Å². The molecule has 30 heavy (non-hydrogen) atoms. The summed E-state index contributed by atoms with van der Waals surface area (Å²) in [6.07, 6.45) is 1.96. The third-order valence-corrected chi connectivity index (χ3v) is 6.36. The SMILES string of the molecule is CCn1ccnc1CN1CCC[C@H](N2CCN(c3cccc(C(F)(F)F)c3)CC2)C1. The molecule has 0 saturated carbocycles. The Labute approximate surface area is 176 Å². The highest BCUT2D eigenvalue weighted by atomic mass is 19.4. The van der Waals surface area contributed by atoms with Crippen LogP contribution in [0.25, 0.3) is 0 Å². The van der Waals surface area contributed by atoms with Crippen LogP contribution in [0.1, 0.15) is 31.2 Å². The van der Waals surface area contributed by atoms with Gasteiger partial charge in [0, 0.05) is 63.4 Å². The molecule has 0 radical (unpaired) electrons. The molecule has 2 saturated heterocycles. The lowest BCUT2D eigenvalue weighted by atomic mass is 10.0. The number of hydrogen-bond donors (Lipinski definition) is 0. The van der Waals surface area contributed by atoms with E-state index in [-0.39, 0.29) is 0 Å². The molecule has 0 bridgehead atoms. The smallest absolute Gasteiger partial charge is 0.369 e. The van der Waals surface area contributed by atoms with E-state index < -0.39 is 11.7 Å². The molecule has 3 heterocycles. The number of hydrogen-bond acceptors (Lipinski definition) is 4. The minimum atomic E-state index is -4.30. The molecule has 0 unspecified atom stereocenters. The number of likely N-dealkylation sites (tertiary alicyclic amines) is 1. The van der Waals surface area contributed by atoms with E-state index in [1.54, 1.807) is 6.07 Å². The molecular weight excluding hydrogens is 391 g/mol. The molecule has 2 aliphatic rings. The molecule has 8 heteroatoms. The van der Waals surface area contributed by atoms with Crippen LogP contribution in [0, 0.1) is 0 Å². The predicted octanol–water partition coefficient (Wildman–Crippen LogP) is 3.71. The van der Waals surface area contributed by atoms with E-state index >= 15 is 0 Å². The molecular formula is C22H30F3N5. The first kappa shape index (κ1) is 21.2. The van der Waals surface area contributed by atoms with E-state index in [0.29, 0.717) is 11.7 Å². The van der Waals surface area contributed by atoms with E-state index in [1.165, 1.54) is 25.0 Å². The highest BCUT2D eigenvalue weighted by Gasteiger charge is 2.32. The minimum absolute atomic E-state index is 0.507. The van der Waals surface area contributed by atoms with Crippen LogP contribution < -0.4 is 4.90 Å². The van der Waals surface area contributed by atoms with Gasteiger partial charge in [0.05, 0.1) is 12.1 Å². The standard InChI is InChI=1S/C22H30F3N5/c1-2-28-10-8-26-21(28)17-27-9-4-7-20(16-27)30-13-11-29(12-14-30)19-6-3-5-18(15-19)22(23,24)25/h3,5-6,8,10,15,20H,2,4,7,9,11-14,16-17H2,1H3/t20-/m0/s1. The molecule has 1 aromatic carbocycles. The zero-order chi connectivity index (χ0) is 21.1. The summed E-state index contributed by atoms with van der Waals surface area (Å²) in [5.74, 6) is 1.12. The number of halogens is 3. The number of benzene rings is 1. The molecule has 2 fully saturated rings. The quantitative estimate of drug-likeness (QED) is 0.736. The molecule has 164 valence electrons. The van der Waals surface area contributed by atoms with Crippen molar-refractivity contribution in [3.05, 3.63) is 48.0 Å². The van der Waals surface area contributed by atoms with Gasteiger partial charge in [0.15, 0.2) is 0 Å². The lowest BCUT2D eigenvalue weighted by molar-refractivity contribution is -0.137. The number of piperazine rings is 1. The first-order valence-electron chi connectivity index (χ1n) is 10.8. The monoisotopic (exact) mass is 421 g/mol. The van der Waals surface area contributed by atoms with Gasteiger partial charge in [0.2, 0.25) is 0 Å². The maximum absolute atomic E-state index is 13.0. The summed E-state index contributed by atoms with van der Waals surface area (Å²) >= 11 is 0. The number of rotatable bonds is 5. The molecule has 2 aromatic rings. The summed E-state index contributed by atoms with van der Waals surface area (Å²) in [4.78, 5) is 11.6. The van der Waals surface area contributed by atoms with E-state index in [0.717, 1.165) is 64.2 Å². The Kier molecular flexibility index (Phi) is 6.34. The van der Waals surface area contributed by atoms with Crippen LogP contribution in [-0.4, -0.2) is 64.7 Å². The minimum Gasteiger partial charge on any atom is -0.369 e. The number of aromatic nitrogens is 2. The van der Waals surface area contributed by atoms with Gasteiger partial charge in [-0.25, -0.2) is 4.98 Å². The van der Waals surface area contributed by atoms with Crippen molar-refractivity contribution in [3.63, 3.8) is 0 Å². The molecule has 2 aliphatic heterocycles. The van der Waals surface area contributed by atoms with Crippen molar-refractivity contribution >= 4 is 5.69 Å². The normalized spacial score (nSPS) is 21.9. The number of aryl methyl sites for hydroxylation is 1.